The van der Waals surface area contributed by atoms with Gasteiger partial charge in [-0.1, -0.05) is 43.1 Å². The van der Waals surface area contributed by atoms with Crippen molar-refractivity contribution in [2.45, 2.75) is 32.7 Å². The van der Waals surface area contributed by atoms with Gasteiger partial charge in [-0.25, -0.2) is 4.98 Å². The Bertz CT molecular complexity index is 534. The molecule has 0 aliphatic rings. The van der Waals surface area contributed by atoms with Gasteiger partial charge in [0.25, 0.3) is 0 Å². The molecule has 0 aliphatic carbocycles. The van der Waals surface area contributed by atoms with E-state index in [9.17, 15) is 0 Å². The Labute approximate surface area is 117 Å². The maximum absolute atomic E-state index is 6.21. The van der Waals surface area contributed by atoms with Gasteiger partial charge in [0.05, 0.1) is 10.7 Å². The molecule has 0 saturated carbocycles. The molecule has 2 nitrogen and oxygen atoms in total. The molecule has 1 aromatic heterocycles. The summed E-state index contributed by atoms with van der Waals surface area (Å²) >= 11 is 7.87. The number of halogens is 1. The molecule has 2 aromatic rings. The third-order valence-electron chi connectivity index (χ3n) is 2.73. The summed E-state index contributed by atoms with van der Waals surface area (Å²) in [6.45, 7) is 4.16. The highest BCUT2D eigenvalue weighted by Gasteiger charge is 2.16. The lowest BCUT2D eigenvalue weighted by Crippen LogP contribution is -2.05. The fraction of sp³-hybridized carbons (Fsp3) is 0.357. The zero-order valence-corrected chi connectivity index (χ0v) is 12.2. The van der Waals surface area contributed by atoms with E-state index < -0.39 is 0 Å². The van der Waals surface area contributed by atoms with Gasteiger partial charge in [0, 0.05) is 16.5 Å². The first-order valence-corrected chi connectivity index (χ1v) is 7.33. The highest BCUT2D eigenvalue weighted by atomic mass is 35.5. The van der Waals surface area contributed by atoms with E-state index in [2.05, 4.69) is 6.92 Å². The molecule has 18 heavy (non-hydrogen) atoms. The fourth-order valence-corrected chi connectivity index (χ4v) is 3.27. The average Bonchev–Trinajstić information content (AvgIpc) is 2.74. The van der Waals surface area contributed by atoms with Gasteiger partial charge in [-0.15, -0.1) is 11.3 Å². The second-order valence-electron chi connectivity index (χ2n) is 4.35. The van der Waals surface area contributed by atoms with E-state index in [0.29, 0.717) is 0 Å². The maximum Gasteiger partial charge on any atom is 0.125 e. The van der Waals surface area contributed by atoms with Gasteiger partial charge >= 0.3 is 0 Å². The van der Waals surface area contributed by atoms with Crippen molar-refractivity contribution in [1.29, 1.82) is 0 Å². The molecule has 0 saturated heterocycles. The van der Waals surface area contributed by atoms with E-state index >= 15 is 0 Å². The van der Waals surface area contributed by atoms with Crippen LogP contribution in [0.4, 0.5) is 0 Å². The first-order valence-electron chi connectivity index (χ1n) is 6.13. The van der Waals surface area contributed by atoms with Crippen LogP contribution in [0, 0.1) is 0 Å². The average molecular weight is 281 g/mol. The molecule has 96 valence electrons. The molecular weight excluding hydrogens is 264 g/mol. The molecule has 1 unspecified atom stereocenters. The molecule has 1 aromatic carbocycles. The summed E-state index contributed by atoms with van der Waals surface area (Å²) in [7, 11) is 0. The van der Waals surface area contributed by atoms with Gasteiger partial charge in [0.2, 0.25) is 0 Å². The lowest BCUT2D eigenvalue weighted by atomic mass is 10.1. The molecule has 0 spiro atoms. The van der Waals surface area contributed by atoms with Crippen LogP contribution in [0.15, 0.2) is 24.3 Å². The van der Waals surface area contributed by atoms with Crippen molar-refractivity contribution in [3.05, 3.63) is 39.9 Å². The zero-order chi connectivity index (χ0) is 13.1. The van der Waals surface area contributed by atoms with Gasteiger partial charge < -0.3 is 5.73 Å². The molecular formula is C14H17ClN2S. The smallest absolute Gasteiger partial charge is 0.125 e. The molecule has 2 rings (SSSR count). The first-order chi connectivity index (χ1) is 8.63. The van der Waals surface area contributed by atoms with Crippen molar-refractivity contribution in [2.75, 3.05) is 0 Å². The summed E-state index contributed by atoms with van der Waals surface area (Å²) < 4.78 is 0. The number of aromatic nitrogens is 1. The molecule has 2 N–H and O–H groups in total. The Morgan fingerprint density at radius 3 is 2.72 bits per heavy atom. The minimum Gasteiger partial charge on any atom is -0.323 e. The van der Waals surface area contributed by atoms with Crippen molar-refractivity contribution in [3.8, 4) is 10.6 Å². The maximum atomic E-state index is 6.21. The number of nitrogens with two attached hydrogens (primary N) is 1. The van der Waals surface area contributed by atoms with Gasteiger partial charge in [-0.05, 0) is 19.4 Å². The molecule has 1 atom stereocenters. The zero-order valence-electron chi connectivity index (χ0n) is 10.6. The Hall–Kier alpha value is -0.900. The van der Waals surface area contributed by atoms with Crippen LogP contribution in [0.5, 0.6) is 0 Å². The number of hydrogen-bond acceptors (Lipinski definition) is 3. The number of thiazole rings is 1. The van der Waals surface area contributed by atoms with E-state index in [1.165, 1.54) is 4.88 Å². The SMILES string of the molecule is CCCc1nc(-c2ccccc2Cl)sc1C(C)N. The number of benzene rings is 1. The van der Waals surface area contributed by atoms with Crippen LogP contribution in [-0.2, 0) is 6.42 Å². The molecule has 0 radical (unpaired) electrons. The minimum atomic E-state index is 0.0280. The van der Waals surface area contributed by atoms with Crippen LogP contribution < -0.4 is 5.73 Å². The number of nitrogens with zero attached hydrogens (tertiary/aromatic N) is 1. The number of hydrogen-bond donors (Lipinski definition) is 1. The highest BCUT2D eigenvalue weighted by Crippen LogP contribution is 2.35. The predicted octanol–water partition coefficient (Wildman–Crippen LogP) is 4.44. The standard InChI is InChI=1S/C14H17ClN2S/c1-3-6-12-13(9(2)16)18-14(17-12)10-7-4-5-8-11(10)15/h4-5,7-9H,3,6,16H2,1-2H3. The number of aryl methyl sites for hydroxylation is 1. The largest absolute Gasteiger partial charge is 0.323 e. The summed E-state index contributed by atoms with van der Waals surface area (Å²) in [6, 6.07) is 7.83. The van der Waals surface area contributed by atoms with Crippen molar-refractivity contribution in [3.63, 3.8) is 0 Å². The van der Waals surface area contributed by atoms with Crippen LogP contribution in [-0.4, -0.2) is 4.98 Å². The van der Waals surface area contributed by atoms with Crippen LogP contribution in [0.2, 0.25) is 5.02 Å². The minimum absolute atomic E-state index is 0.0280. The first kappa shape index (κ1) is 13.5. The molecule has 0 amide bonds. The van der Waals surface area contributed by atoms with E-state index in [-0.39, 0.29) is 6.04 Å². The van der Waals surface area contributed by atoms with Crippen LogP contribution in [0.1, 0.15) is 36.9 Å². The normalized spacial score (nSPS) is 12.7. The Balaban J connectivity index is 2.47. The molecule has 4 heteroatoms. The summed E-state index contributed by atoms with van der Waals surface area (Å²) in [4.78, 5) is 5.88. The van der Waals surface area contributed by atoms with Crippen LogP contribution in [0.3, 0.4) is 0 Å². The van der Waals surface area contributed by atoms with Crippen molar-refractivity contribution >= 4 is 22.9 Å². The third kappa shape index (κ3) is 2.74. The molecule has 0 bridgehead atoms. The van der Waals surface area contributed by atoms with Crippen molar-refractivity contribution in [2.24, 2.45) is 5.73 Å². The summed E-state index contributed by atoms with van der Waals surface area (Å²) in [5.74, 6) is 0. The van der Waals surface area contributed by atoms with E-state index in [4.69, 9.17) is 22.3 Å². The Morgan fingerprint density at radius 1 is 1.39 bits per heavy atom. The van der Waals surface area contributed by atoms with Gasteiger partial charge in [-0.3, -0.25) is 0 Å². The highest BCUT2D eigenvalue weighted by molar-refractivity contribution is 7.15. The third-order valence-corrected chi connectivity index (χ3v) is 4.39. The summed E-state index contributed by atoms with van der Waals surface area (Å²) in [6.07, 6.45) is 2.04. The van der Waals surface area contributed by atoms with Crippen molar-refractivity contribution < 1.29 is 0 Å². The summed E-state index contributed by atoms with van der Waals surface area (Å²) in [5.41, 5.74) is 8.12. The molecule has 0 fully saturated rings. The van der Waals surface area contributed by atoms with E-state index in [1.807, 2.05) is 31.2 Å². The lowest BCUT2D eigenvalue weighted by molar-refractivity contribution is 0.793. The van der Waals surface area contributed by atoms with Gasteiger partial charge in [0.15, 0.2) is 0 Å². The van der Waals surface area contributed by atoms with Crippen molar-refractivity contribution in [1.82, 2.24) is 4.98 Å². The monoisotopic (exact) mass is 280 g/mol. The molecule has 0 aliphatic heterocycles. The predicted molar refractivity (Wildman–Crippen MR) is 79.2 cm³/mol. The van der Waals surface area contributed by atoms with E-state index in [1.54, 1.807) is 11.3 Å². The Kier molecular flexibility index (Phi) is 4.38. The summed E-state index contributed by atoms with van der Waals surface area (Å²) in [5, 5.41) is 1.71. The Morgan fingerprint density at radius 2 is 2.11 bits per heavy atom. The number of rotatable bonds is 4. The van der Waals surface area contributed by atoms with E-state index in [0.717, 1.165) is 34.1 Å². The molecule has 1 heterocycles. The van der Waals surface area contributed by atoms with Crippen LogP contribution >= 0.6 is 22.9 Å². The topological polar surface area (TPSA) is 38.9 Å². The van der Waals surface area contributed by atoms with Crippen LogP contribution in [0.25, 0.3) is 10.6 Å². The second-order valence-corrected chi connectivity index (χ2v) is 5.79. The second kappa shape index (κ2) is 5.83. The van der Waals surface area contributed by atoms with Gasteiger partial charge in [0.1, 0.15) is 5.01 Å². The van der Waals surface area contributed by atoms with Gasteiger partial charge in [-0.2, -0.15) is 0 Å². The fourth-order valence-electron chi connectivity index (χ4n) is 1.89. The quantitative estimate of drug-likeness (QED) is 0.899. The lowest BCUT2D eigenvalue weighted by Gasteiger charge is -2.03.